The number of para-hydroxylation sites is 2. The highest BCUT2D eigenvalue weighted by Crippen LogP contribution is 2.55. The van der Waals surface area contributed by atoms with Crippen LogP contribution >= 0.6 is 23.2 Å². The van der Waals surface area contributed by atoms with E-state index in [4.69, 9.17) is 57.7 Å². The Labute approximate surface area is 580 Å². The summed E-state index contributed by atoms with van der Waals surface area (Å²) in [5.41, 5.74) is 11.5. The minimum atomic E-state index is -3.97. The first kappa shape index (κ1) is 75.3. The van der Waals surface area contributed by atoms with Crippen molar-refractivity contribution in [1.82, 2.24) is 30.0 Å². The van der Waals surface area contributed by atoms with Crippen LogP contribution in [-0.2, 0) is 73.0 Å². The molecule has 2 amide bonds. The number of halogens is 2. The number of carbonyl (C=O) groups excluding carboxylic acids is 3. The number of aliphatic hydroxyl groups excluding tert-OH is 5. The fourth-order valence-electron chi connectivity index (χ4n) is 10.9. The van der Waals surface area contributed by atoms with E-state index in [1.165, 1.54) is 31.4 Å². The van der Waals surface area contributed by atoms with E-state index in [1.54, 1.807) is 24.5 Å². The number of esters is 2. The van der Waals surface area contributed by atoms with Gasteiger partial charge in [0.15, 0.2) is 0 Å². The molecule has 29 heteroatoms. The van der Waals surface area contributed by atoms with Crippen LogP contribution in [0.2, 0.25) is 10.0 Å². The van der Waals surface area contributed by atoms with Gasteiger partial charge in [0.1, 0.15) is 41.9 Å². The maximum Gasteiger partial charge on any atom is 0.328 e. The molecule has 6 atom stereocenters. The van der Waals surface area contributed by atoms with Gasteiger partial charge in [-0.05, 0) is 166 Å². The van der Waals surface area contributed by atoms with Crippen molar-refractivity contribution in [2.45, 2.75) is 173 Å². The number of unbranched alkanes of at least 4 members (excludes halogenated alkanes) is 2. The number of methoxy groups -OCH3 is 2. The van der Waals surface area contributed by atoms with Gasteiger partial charge in [-0.2, -0.15) is 0 Å². The van der Waals surface area contributed by atoms with Crippen molar-refractivity contribution in [3.8, 4) is 33.8 Å². The molecule has 0 bridgehead atoms. The van der Waals surface area contributed by atoms with E-state index in [1.807, 2.05) is 67.0 Å². The smallest absolute Gasteiger partial charge is 0.328 e. The number of pyridine rings is 2. The zero-order chi connectivity index (χ0) is 70.2. The van der Waals surface area contributed by atoms with Crippen LogP contribution in [-0.4, -0.2) is 159 Å². The largest absolute Gasteiger partial charge is 0.490 e. The molecule has 530 valence electrons. The molecule has 6 aromatic rings. The number of sulfonamides is 2. The lowest BCUT2D eigenvalue weighted by molar-refractivity contribution is -0.143. The predicted molar refractivity (Wildman–Crippen MR) is 362 cm³/mol. The number of ether oxygens (including phenoxy) is 6. The summed E-state index contributed by atoms with van der Waals surface area (Å²) < 4.78 is 92.4. The Bertz CT molecular complexity index is 3940. The maximum absolute atomic E-state index is 13.3. The van der Waals surface area contributed by atoms with Crippen LogP contribution in [0.25, 0.3) is 22.3 Å². The van der Waals surface area contributed by atoms with E-state index in [-0.39, 0.29) is 54.7 Å². The Balaban J connectivity index is 0.000000238. The second-order valence-electron chi connectivity index (χ2n) is 24.7. The highest BCUT2D eigenvalue weighted by atomic mass is 35.5. The maximum atomic E-state index is 13.3. The molecule has 0 aliphatic heterocycles. The number of nitrogens with zero attached hydrogens (tertiary/aromatic N) is 2. The van der Waals surface area contributed by atoms with Crippen LogP contribution in [0, 0.1) is 0 Å². The molecule has 0 radical (unpaired) electrons. The monoisotopic (exact) mass is 1430 g/mol. The van der Waals surface area contributed by atoms with Gasteiger partial charge in [0, 0.05) is 76.7 Å². The number of hydrogen-bond acceptors (Lipinski definition) is 21. The predicted octanol–water partition coefficient (Wildman–Crippen LogP) is 6.97. The minimum Gasteiger partial charge on any atom is -0.490 e. The summed E-state index contributed by atoms with van der Waals surface area (Å²) >= 11 is 13.0. The molecule has 10 rings (SSSR count). The lowest BCUT2D eigenvalue weighted by Crippen LogP contribution is -2.52. The molecule has 4 aliphatic rings. The molecule has 11 N–H and O–H groups in total. The Kier molecular flexibility index (Phi) is 26.4. The Morgan fingerprint density at radius 1 is 0.602 bits per heavy atom. The van der Waals surface area contributed by atoms with Crippen molar-refractivity contribution in [2.24, 2.45) is 5.73 Å². The van der Waals surface area contributed by atoms with Crippen molar-refractivity contribution in [3.05, 3.63) is 154 Å². The number of benzene rings is 4. The molecule has 4 aromatic carbocycles. The number of nitrogens with two attached hydrogens (primary N) is 1. The SMILES string of the molecule is COC(=O)[C@@H](N)CCCCNS(=O)(=O)c1ccc(Cl)c(COC2(c3cnccc3-c3ccccc3OC3CC3)CC2)c1.COC(=O)[C@H](CCCCNS(=O)(=O)c1ccc(Cl)c(COC2(c3cnccc3-c3ccccc3OC3CC3)CC2)c1)NC(=O)NC[C@H](O)[C@@H](O)[C@H](O)[C@H](O)CO. The normalized spacial score (nSPS) is 17.1. The van der Waals surface area contributed by atoms with Crippen molar-refractivity contribution in [3.63, 3.8) is 0 Å². The topological polar surface area (TPSA) is 376 Å². The number of aromatic nitrogens is 2. The molecule has 2 heterocycles. The van der Waals surface area contributed by atoms with Gasteiger partial charge >= 0.3 is 18.0 Å². The molecule has 0 saturated heterocycles. The second-order valence-corrected chi connectivity index (χ2v) is 29.0. The summed E-state index contributed by atoms with van der Waals surface area (Å²) in [6.45, 7) is -0.996. The number of carbonyl (C=O) groups is 3. The summed E-state index contributed by atoms with van der Waals surface area (Å²) in [5, 5.41) is 53.4. The second kappa shape index (κ2) is 34.4. The third-order valence-corrected chi connectivity index (χ3v) is 20.9. The molecular weight excluding hydrogens is 1350 g/mol. The van der Waals surface area contributed by atoms with Gasteiger partial charge in [0.2, 0.25) is 20.0 Å². The first-order chi connectivity index (χ1) is 47.0. The molecule has 4 saturated carbocycles. The van der Waals surface area contributed by atoms with Crippen molar-refractivity contribution < 1.29 is 85.2 Å². The highest BCUT2D eigenvalue weighted by molar-refractivity contribution is 7.89. The lowest BCUT2D eigenvalue weighted by Gasteiger charge is -2.26. The van der Waals surface area contributed by atoms with E-state index < -0.39 is 98.9 Å². The van der Waals surface area contributed by atoms with E-state index >= 15 is 0 Å². The average Bonchev–Trinajstić information content (AvgIpc) is 1.59. The van der Waals surface area contributed by atoms with Gasteiger partial charge < -0.3 is 70.3 Å². The highest BCUT2D eigenvalue weighted by Gasteiger charge is 2.49. The number of hydrogen-bond donors (Lipinski definition) is 10. The van der Waals surface area contributed by atoms with Crippen LogP contribution < -0.4 is 35.3 Å². The third-order valence-electron chi connectivity index (χ3n) is 17.2. The zero-order valence-electron chi connectivity index (χ0n) is 54.4. The number of rotatable bonds is 37. The van der Waals surface area contributed by atoms with Gasteiger partial charge in [-0.3, -0.25) is 14.8 Å². The van der Waals surface area contributed by atoms with Gasteiger partial charge in [-0.25, -0.2) is 35.9 Å². The number of nitrogens with one attached hydrogen (secondary N) is 4. The molecule has 25 nitrogen and oxygen atoms in total. The third kappa shape index (κ3) is 20.4. The number of amides is 2. The molecule has 4 aliphatic carbocycles. The molecule has 98 heavy (non-hydrogen) atoms. The first-order valence-corrected chi connectivity index (χ1v) is 36.3. The summed E-state index contributed by atoms with van der Waals surface area (Å²) in [6.07, 6.45) is 10.0. The molecular formula is C69H85Cl2N7O18S2. The summed E-state index contributed by atoms with van der Waals surface area (Å²) in [4.78, 5) is 45.0. The van der Waals surface area contributed by atoms with Crippen LogP contribution in [0.5, 0.6) is 11.5 Å². The van der Waals surface area contributed by atoms with Gasteiger partial charge in [-0.15, -0.1) is 0 Å². The molecule has 0 unspecified atom stereocenters. The van der Waals surface area contributed by atoms with Crippen LogP contribution in [0.4, 0.5) is 4.79 Å². The van der Waals surface area contributed by atoms with Crippen molar-refractivity contribution >= 4 is 61.2 Å². The van der Waals surface area contributed by atoms with Crippen LogP contribution in [0.1, 0.15) is 112 Å². The van der Waals surface area contributed by atoms with Gasteiger partial charge in [0.25, 0.3) is 0 Å². The lowest BCUT2D eigenvalue weighted by atomic mass is 9.96. The standard InChI is InChI=1S/C38H49ClN4O12S.C31H36ClN3O6S/c1-53-36(49)30(43-37(50)41-20-31(45)34(47)35(48)32(46)21-44)7-4-5-16-42-56(51,52)25-11-12-29(39)23(18-25)22-54-38(14-15-38)28-19-40-17-13-26(28)27-6-2-3-8-33(27)55-24-9-10-24;1-39-30(36)28(33)7-4-5-16-35-42(37,38)23-11-12-27(32)21(18-23)20-40-31(14-15-31)26-19-34-17-13-24(26)25-6-2-3-8-29(25)41-22-9-10-22/h2-3,6,8,11-13,17-19,24,30-32,34-35,42,44-48H,4-5,7,9-10,14-16,20-22H2,1H3,(H2,41,43,50);2-3,6,8,11-13,17-19,22,28,35H,4-5,7,9-10,14-16,20,33H2,1H3/t30-,31-,32+,34+,35+;28-/m00/s1. The summed E-state index contributed by atoms with van der Waals surface area (Å²) in [7, 11) is -5.33. The number of aliphatic hydroxyl groups is 5. The molecule has 4 fully saturated rings. The van der Waals surface area contributed by atoms with E-state index in [0.717, 1.165) is 103 Å². The van der Waals surface area contributed by atoms with Gasteiger partial charge in [0.05, 0.1) is 73.3 Å². The molecule has 0 spiro atoms. The zero-order valence-corrected chi connectivity index (χ0v) is 57.5. The Morgan fingerprint density at radius 3 is 1.49 bits per heavy atom. The summed E-state index contributed by atoms with van der Waals surface area (Å²) in [6, 6.07) is 26.1. The number of urea groups is 1. The fourth-order valence-corrected chi connectivity index (χ4v) is 13.5. The van der Waals surface area contributed by atoms with Crippen molar-refractivity contribution in [1.29, 1.82) is 0 Å². The van der Waals surface area contributed by atoms with E-state index in [9.17, 15) is 51.6 Å². The van der Waals surface area contributed by atoms with Crippen LogP contribution in [0.3, 0.4) is 0 Å². The van der Waals surface area contributed by atoms with E-state index in [0.29, 0.717) is 53.3 Å². The van der Waals surface area contributed by atoms with Crippen LogP contribution in [0.15, 0.2) is 132 Å². The quantitative estimate of drug-likeness (QED) is 0.0139. The van der Waals surface area contributed by atoms with E-state index in [2.05, 4.69) is 40.8 Å². The van der Waals surface area contributed by atoms with Crippen molar-refractivity contribution in [2.75, 3.05) is 40.5 Å². The Morgan fingerprint density at radius 2 is 1.05 bits per heavy atom. The minimum absolute atomic E-state index is 0.00460. The first-order valence-electron chi connectivity index (χ1n) is 32.5. The van der Waals surface area contributed by atoms with Gasteiger partial charge in [-0.1, -0.05) is 66.0 Å². The summed E-state index contributed by atoms with van der Waals surface area (Å²) in [5.74, 6) is 0.412. The Hall–Kier alpha value is -6.93. The molecule has 2 aromatic heterocycles. The fraction of sp³-hybridized carbons (Fsp3) is 0.464. The average molecular weight is 1440 g/mol.